The van der Waals surface area contributed by atoms with Crippen molar-refractivity contribution in [2.75, 3.05) is 0 Å². The molecule has 1 atom stereocenters. The van der Waals surface area contributed by atoms with Crippen LogP contribution in [-0.2, 0) is 0 Å². The maximum Gasteiger partial charge on any atom is 0.237 e. The lowest BCUT2D eigenvalue weighted by atomic mass is 10.1. The minimum Gasteiger partial charge on any atom is -0.426 e. The van der Waals surface area contributed by atoms with E-state index in [0.29, 0.717) is 5.56 Å². The van der Waals surface area contributed by atoms with Crippen LogP contribution in [0.5, 0.6) is 0 Å². The zero-order valence-electron chi connectivity index (χ0n) is 7.52. The van der Waals surface area contributed by atoms with Crippen LogP contribution in [0.3, 0.4) is 0 Å². The number of nitrogens with two attached hydrogens (primary N) is 1. The van der Waals surface area contributed by atoms with E-state index in [1.165, 1.54) is 18.5 Å². The molecule has 2 aromatic rings. The summed E-state index contributed by atoms with van der Waals surface area (Å²) in [5, 5.41) is 7.19. The molecule has 0 fully saturated rings. The monoisotopic (exact) mass is 227 g/mol. The lowest BCUT2D eigenvalue weighted by Gasteiger charge is -2.07. The van der Waals surface area contributed by atoms with E-state index in [4.69, 9.17) is 21.8 Å². The summed E-state index contributed by atoms with van der Waals surface area (Å²) in [6.45, 7) is 0. The molecule has 0 saturated heterocycles. The first-order chi connectivity index (χ1) is 7.18. The molecule has 1 unspecified atom stereocenters. The van der Waals surface area contributed by atoms with Crippen LogP contribution in [0.15, 0.2) is 29.0 Å². The van der Waals surface area contributed by atoms with Crippen LogP contribution in [0.1, 0.15) is 17.5 Å². The second kappa shape index (κ2) is 3.96. The topological polar surface area (TPSA) is 64.9 Å². The van der Waals surface area contributed by atoms with E-state index in [2.05, 4.69) is 10.2 Å². The third-order valence-corrected chi connectivity index (χ3v) is 2.25. The highest BCUT2D eigenvalue weighted by Gasteiger charge is 2.15. The maximum atomic E-state index is 13.1. The lowest BCUT2D eigenvalue weighted by molar-refractivity contribution is 0.472. The first kappa shape index (κ1) is 10.1. The molecular weight excluding hydrogens is 221 g/mol. The van der Waals surface area contributed by atoms with E-state index < -0.39 is 11.9 Å². The fraction of sp³-hybridized carbons (Fsp3) is 0.111. The van der Waals surface area contributed by atoms with Crippen molar-refractivity contribution in [1.82, 2.24) is 10.2 Å². The molecule has 0 spiro atoms. The summed E-state index contributed by atoms with van der Waals surface area (Å²) in [6.07, 6.45) is 1.17. The zero-order chi connectivity index (χ0) is 10.8. The minimum atomic E-state index is -0.640. The smallest absolute Gasteiger partial charge is 0.237 e. The average Bonchev–Trinajstić information content (AvgIpc) is 2.74. The zero-order valence-corrected chi connectivity index (χ0v) is 8.28. The second-order valence-electron chi connectivity index (χ2n) is 2.93. The number of rotatable bonds is 2. The number of aromatic nitrogens is 2. The van der Waals surface area contributed by atoms with Crippen molar-refractivity contribution in [3.63, 3.8) is 0 Å². The van der Waals surface area contributed by atoms with E-state index >= 15 is 0 Å². The van der Waals surface area contributed by atoms with Crippen molar-refractivity contribution in [3.8, 4) is 0 Å². The average molecular weight is 228 g/mol. The molecule has 0 amide bonds. The van der Waals surface area contributed by atoms with Gasteiger partial charge in [0.15, 0.2) is 0 Å². The summed E-state index contributed by atoms with van der Waals surface area (Å²) in [5.74, 6) is -0.291. The molecule has 78 valence electrons. The molecule has 2 N–H and O–H groups in total. The van der Waals surface area contributed by atoms with Crippen LogP contribution in [0.25, 0.3) is 0 Å². The molecular formula is C9H7ClFN3O. The summed E-state index contributed by atoms with van der Waals surface area (Å²) < 4.78 is 18.0. The minimum absolute atomic E-state index is 0.0523. The van der Waals surface area contributed by atoms with Gasteiger partial charge in [0.1, 0.15) is 11.9 Å². The summed E-state index contributed by atoms with van der Waals surface area (Å²) in [6, 6.07) is 3.65. The molecule has 0 aliphatic heterocycles. The number of hydrogen-bond acceptors (Lipinski definition) is 4. The van der Waals surface area contributed by atoms with Gasteiger partial charge in [0.25, 0.3) is 0 Å². The molecule has 0 saturated carbocycles. The van der Waals surface area contributed by atoms with E-state index in [0.717, 1.165) is 0 Å². The van der Waals surface area contributed by atoms with Crippen molar-refractivity contribution in [1.29, 1.82) is 0 Å². The Kier molecular flexibility index (Phi) is 2.66. The van der Waals surface area contributed by atoms with Gasteiger partial charge in [0.05, 0.1) is 5.02 Å². The fourth-order valence-corrected chi connectivity index (χ4v) is 1.28. The molecule has 1 heterocycles. The SMILES string of the molecule is NC(c1ccc(Cl)c(F)c1)c1nnco1. The highest BCUT2D eigenvalue weighted by Crippen LogP contribution is 2.22. The van der Waals surface area contributed by atoms with E-state index in [9.17, 15) is 4.39 Å². The molecule has 0 bridgehead atoms. The van der Waals surface area contributed by atoms with Crippen LogP contribution < -0.4 is 5.73 Å². The lowest BCUT2D eigenvalue weighted by Crippen LogP contribution is -2.12. The second-order valence-corrected chi connectivity index (χ2v) is 3.34. The molecule has 4 nitrogen and oxygen atoms in total. The molecule has 0 radical (unpaired) electrons. The fourth-order valence-electron chi connectivity index (χ4n) is 1.17. The van der Waals surface area contributed by atoms with Crippen LogP contribution in [-0.4, -0.2) is 10.2 Å². The molecule has 2 rings (SSSR count). The van der Waals surface area contributed by atoms with Gasteiger partial charge in [-0.05, 0) is 17.7 Å². The largest absolute Gasteiger partial charge is 0.426 e. The van der Waals surface area contributed by atoms with Gasteiger partial charge in [-0.1, -0.05) is 17.7 Å². The quantitative estimate of drug-likeness (QED) is 0.851. The van der Waals surface area contributed by atoms with Crippen LogP contribution >= 0.6 is 11.6 Å². The predicted octanol–water partition coefficient (Wildman–Crippen LogP) is 1.91. The Balaban J connectivity index is 2.34. The van der Waals surface area contributed by atoms with E-state index in [-0.39, 0.29) is 10.9 Å². The Morgan fingerprint density at radius 1 is 1.47 bits per heavy atom. The van der Waals surface area contributed by atoms with Gasteiger partial charge in [-0.2, -0.15) is 0 Å². The Hall–Kier alpha value is -1.46. The van der Waals surface area contributed by atoms with Crippen molar-refractivity contribution in [2.24, 2.45) is 5.73 Å². The molecule has 6 heteroatoms. The summed E-state index contributed by atoms with van der Waals surface area (Å²) >= 11 is 5.54. The van der Waals surface area contributed by atoms with Crippen molar-refractivity contribution >= 4 is 11.6 Å². The number of halogens is 2. The highest BCUT2D eigenvalue weighted by molar-refractivity contribution is 6.30. The maximum absolute atomic E-state index is 13.1. The van der Waals surface area contributed by atoms with Crippen molar-refractivity contribution in [2.45, 2.75) is 6.04 Å². The predicted molar refractivity (Wildman–Crippen MR) is 51.7 cm³/mol. The van der Waals surface area contributed by atoms with Gasteiger partial charge in [-0.25, -0.2) is 4.39 Å². The first-order valence-corrected chi connectivity index (χ1v) is 4.53. The molecule has 15 heavy (non-hydrogen) atoms. The van der Waals surface area contributed by atoms with Crippen LogP contribution in [0.2, 0.25) is 5.02 Å². The highest BCUT2D eigenvalue weighted by atomic mass is 35.5. The van der Waals surface area contributed by atoms with Crippen LogP contribution in [0, 0.1) is 5.82 Å². The molecule has 0 aliphatic rings. The van der Waals surface area contributed by atoms with Gasteiger partial charge in [0.2, 0.25) is 12.3 Å². The molecule has 1 aromatic heterocycles. The normalized spacial score (nSPS) is 12.7. The van der Waals surface area contributed by atoms with Crippen molar-refractivity contribution in [3.05, 3.63) is 46.9 Å². The van der Waals surface area contributed by atoms with Crippen LogP contribution in [0.4, 0.5) is 4.39 Å². The summed E-state index contributed by atoms with van der Waals surface area (Å²) in [5.41, 5.74) is 6.30. The van der Waals surface area contributed by atoms with Gasteiger partial charge < -0.3 is 10.2 Å². The number of nitrogens with zero attached hydrogens (tertiary/aromatic N) is 2. The molecule has 0 aliphatic carbocycles. The Morgan fingerprint density at radius 2 is 2.27 bits per heavy atom. The van der Waals surface area contributed by atoms with E-state index in [1.54, 1.807) is 6.07 Å². The summed E-state index contributed by atoms with van der Waals surface area (Å²) in [4.78, 5) is 0. The molecule has 1 aromatic carbocycles. The number of hydrogen-bond donors (Lipinski definition) is 1. The van der Waals surface area contributed by atoms with E-state index in [1.807, 2.05) is 0 Å². The van der Waals surface area contributed by atoms with Gasteiger partial charge in [0, 0.05) is 0 Å². The van der Waals surface area contributed by atoms with Crippen molar-refractivity contribution < 1.29 is 8.81 Å². The Morgan fingerprint density at radius 3 is 2.87 bits per heavy atom. The Labute approximate surface area is 89.9 Å². The Bertz CT molecular complexity index is 460. The standard InChI is InChI=1S/C9H7ClFN3O/c10-6-2-1-5(3-7(6)11)8(12)9-14-13-4-15-9/h1-4,8H,12H2. The number of benzene rings is 1. The third kappa shape index (κ3) is 1.98. The first-order valence-electron chi connectivity index (χ1n) is 4.15. The van der Waals surface area contributed by atoms with Gasteiger partial charge >= 0.3 is 0 Å². The summed E-state index contributed by atoms with van der Waals surface area (Å²) in [7, 11) is 0. The third-order valence-electron chi connectivity index (χ3n) is 1.95. The van der Waals surface area contributed by atoms with Gasteiger partial charge in [-0.15, -0.1) is 10.2 Å². The van der Waals surface area contributed by atoms with Gasteiger partial charge in [-0.3, -0.25) is 0 Å².